The molecule has 1 heterocycles. The first-order chi connectivity index (χ1) is 11.7. The van der Waals surface area contributed by atoms with Crippen LogP contribution >= 0.6 is 24.0 Å². The minimum Gasteiger partial charge on any atom is -0.463 e. The third-order valence-electron chi connectivity index (χ3n) is 3.85. The maximum absolute atomic E-state index is 11.6. The number of nitrogens with zero attached hydrogens (tertiary/aromatic N) is 3. The fraction of sp³-hybridized carbons (Fsp3) is 0.722. The molecule has 2 N–H and O–H groups in total. The van der Waals surface area contributed by atoms with Gasteiger partial charge in [0.25, 0.3) is 0 Å². The minimum atomic E-state index is -0.218. The van der Waals surface area contributed by atoms with E-state index in [0.717, 1.165) is 18.7 Å². The molecule has 0 fully saturated rings. The summed E-state index contributed by atoms with van der Waals surface area (Å²) in [6, 6.07) is 0.196. The molecule has 0 aliphatic carbocycles. The Bertz CT molecular complexity index is 599. The SMILES string of the molecule is CCNC(=NCCC(=O)OC(C)C)NC(C)Cc1c(C)nn(C)c1C.I. The number of guanidine groups is 1. The van der Waals surface area contributed by atoms with Crippen LogP contribution in [0, 0.1) is 13.8 Å². The maximum Gasteiger partial charge on any atom is 0.307 e. The monoisotopic (exact) mass is 479 g/mol. The van der Waals surface area contributed by atoms with Crippen molar-refractivity contribution in [1.82, 2.24) is 20.4 Å². The predicted molar refractivity (Wildman–Crippen MR) is 116 cm³/mol. The van der Waals surface area contributed by atoms with Crippen LogP contribution in [0.4, 0.5) is 0 Å². The van der Waals surface area contributed by atoms with Gasteiger partial charge in [-0.1, -0.05) is 0 Å². The molecule has 0 amide bonds. The number of halogens is 1. The second-order valence-corrected chi connectivity index (χ2v) is 6.57. The van der Waals surface area contributed by atoms with Crippen LogP contribution in [0.3, 0.4) is 0 Å². The Morgan fingerprint density at radius 1 is 1.31 bits per heavy atom. The van der Waals surface area contributed by atoms with Crippen LogP contribution in [0.1, 0.15) is 51.1 Å². The third-order valence-corrected chi connectivity index (χ3v) is 3.85. The molecule has 7 nitrogen and oxygen atoms in total. The van der Waals surface area contributed by atoms with Gasteiger partial charge >= 0.3 is 5.97 Å². The molecule has 1 rings (SSSR count). The van der Waals surface area contributed by atoms with E-state index in [-0.39, 0.29) is 48.5 Å². The van der Waals surface area contributed by atoms with Crippen molar-refractivity contribution in [2.45, 2.75) is 66.5 Å². The summed E-state index contributed by atoms with van der Waals surface area (Å²) in [7, 11) is 1.96. The summed E-state index contributed by atoms with van der Waals surface area (Å²) in [4.78, 5) is 16.1. The highest BCUT2D eigenvalue weighted by Gasteiger charge is 2.14. The number of aromatic nitrogens is 2. The minimum absolute atomic E-state index is 0. The standard InChI is InChI=1S/C18H33N5O2.HI/c1-8-19-18(20-10-9-17(24)25-12(2)3)21-13(4)11-16-14(5)22-23(7)15(16)6;/h12-13H,8-11H2,1-7H3,(H2,19,20,21);1H. The van der Waals surface area contributed by atoms with Gasteiger partial charge in [-0.25, -0.2) is 0 Å². The molecule has 150 valence electrons. The molecule has 0 radical (unpaired) electrons. The van der Waals surface area contributed by atoms with E-state index in [1.165, 1.54) is 11.3 Å². The summed E-state index contributed by atoms with van der Waals surface area (Å²) in [5.41, 5.74) is 3.51. The van der Waals surface area contributed by atoms with Gasteiger partial charge in [0.15, 0.2) is 5.96 Å². The van der Waals surface area contributed by atoms with Crippen LogP contribution in [-0.4, -0.2) is 46.9 Å². The first-order valence-corrected chi connectivity index (χ1v) is 8.97. The van der Waals surface area contributed by atoms with Crippen molar-refractivity contribution in [2.24, 2.45) is 12.0 Å². The molecule has 1 aromatic rings. The Labute approximate surface area is 174 Å². The molecule has 1 atom stereocenters. The van der Waals surface area contributed by atoms with Crippen molar-refractivity contribution in [3.05, 3.63) is 17.0 Å². The molecule has 0 bridgehead atoms. The van der Waals surface area contributed by atoms with Gasteiger partial charge in [0.2, 0.25) is 0 Å². The Hall–Kier alpha value is -1.32. The molecule has 0 aliphatic heterocycles. The quantitative estimate of drug-likeness (QED) is 0.259. The number of hydrogen-bond donors (Lipinski definition) is 2. The lowest BCUT2D eigenvalue weighted by atomic mass is 10.1. The topological polar surface area (TPSA) is 80.5 Å². The molecular weight excluding hydrogens is 445 g/mol. The zero-order chi connectivity index (χ0) is 19.0. The van der Waals surface area contributed by atoms with E-state index in [0.29, 0.717) is 12.5 Å². The van der Waals surface area contributed by atoms with Crippen LogP contribution in [0.2, 0.25) is 0 Å². The maximum atomic E-state index is 11.6. The number of hydrogen-bond acceptors (Lipinski definition) is 4. The van der Waals surface area contributed by atoms with Crippen molar-refractivity contribution < 1.29 is 9.53 Å². The molecule has 0 saturated heterocycles. The number of esters is 1. The Balaban J connectivity index is 0.00000625. The van der Waals surface area contributed by atoms with E-state index in [1.54, 1.807) is 0 Å². The van der Waals surface area contributed by atoms with Gasteiger partial charge in [0.05, 0.1) is 24.8 Å². The molecule has 0 spiro atoms. The molecule has 0 saturated carbocycles. The highest BCUT2D eigenvalue weighted by atomic mass is 127. The average Bonchev–Trinajstić information content (AvgIpc) is 2.73. The number of aliphatic imine (C=N–C) groups is 1. The lowest BCUT2D eigenvalue weighted by molar-refractivity contribution is -0.147. The van der Waals surface area contributed by atoms with Gasteiger partial charge in [0, 0.05) is 25.3 Å². The number of rotatable bonds is 8. The lowest BCUT2D eigenvalue weighted by Gasteiger charge is -2.18. The average molecular weight is 479 g/mol. The summed E-state index contributed by atoms with van der Waals surface area (Å²) < 4.78 is 7.04. The predicted octanol–water partition coefficient (Wildman–Crippen LogP) is 2.48. The fourth-order valence-electron chi connectivity index (χ4n) is 2.60. The van der Waals surface area contributed by atoms with E-state index in [9.17, 15) is 4.79 Å². The van der Waals surface area contributed by atoms with Crippen LogP contribution in [0.25, 0.3) is 0 Å². The Kier molecular flexibility index (Phi) is 11.5. The number of aryl methyl sites for hydroxylation is 2. The number of ether oxygens (including phenoxy) is 1. The summed E-state index contributed by atoms with van der Waals surface area (Å²) in [6.45, 7) is 13.1. The van der Waals surface area contributed by atoms with E-state index < -0.39 is 0 Å². The first-order valence-electron chi connectivity index (χ1n) is 8.97. The zero-order valence-electron chi connectivity index (χ0n) is 17.0. The summed E-state index contributed by atoms with van der Waals surface area (Å²) in [5, 5.41) is 11.1. The molecule has 0 aromatic carbocycles. The second kappa shape index (κ2) is 12.1. The van der Waals surface area contributed by atoms with Crippen LogP contribution in [0.15, 0.2) is 4.99 Å². The van der Waals surface area contributed by atoms with Gasteiger partial charge in [0.1, 0.15) is 0 Å². The molecule has 8 heteroatoms. The summed E-state index contributed by atoms with van der Waals surface area (Å²) >= 11 is 0. The Morgan fingerprint density at radius 3 is 2.46 bits per heavy atom. The fourth-order valence-corrected chi connectivity index (χ4v) is 2.60. The number of nitrogens with one attached hydrogen (secondary N) is 2. The largest absolute Gasteiger partial charge is 0.463 e. The highest BCUT2D eigenvalue weighted by molar-refractivity contribution is 14.0. The summed E-state index contributed by atoms with van der Waals surface area (Å²) in [5.74, 6) is 0.496. The van der Waals surface area contributed by atoms with E-state index in [1.807, 2.05) is 39.4 Å². The van der Waals surface area contributed by atoms with Gasteiger partial charge < -0.3 is 15.4 Å². The normalized spacial score (nSPS) is 12.5. The molecule has 1 aromatic heterocycles. The third kappa shape index (κ3) is 8.37. The van der Waals surface area contributed by atoms with Crippen LogP contribution in [-0.2, 0) is 23.0 Å². The number of carbonyl (C=O) groups excluding carboxylic acids is 1. The number of carbonyl (C=O) groups is 1. The highest BCUT2D eigenvalue weighted by Crippen LogP contribution is 2.14. The smallest absolute Gasteiger partial charge is 0.307 e. The van der Waals surface area contributed by atoms with Crippen molar-refractivity contribution in [3.63, 3.8) is 0 Å². The van der Waals surface area contributed by atoms with Gasteiger partial charge in [-0.3, -0.25) is 14.5 Å². The van der Waals surface area contributed by atoms with Crippen molar-refractivity contribution in [1.29, 1.82) is 0 Å². The van der Waals surface area contributed by atoms with E-state index in [2.05, 4.69) is 34.6 Å². The first kappa shape index (κ1) is 24.7. The molecule has 1 unspecified atom stereocenters. The van der Waals surface area contributed by atoms with Gasteiger partial charge in [-0.05, 0) is 53.5 Å². The zero-order valence-corrected chi connectivity index (χ0v) is 19.4. The molecule has 26 heavy (non-hydrogen) atoms. The van der Waals surface area contributed by atoms with Crippen LogP contribution in [0.5, 0.6) is 0 Å². The lowest BCUT2D eigenvalue weighted by Crippen LogP contribution is -2.43. The molecule has 0 aliphatic rings. The van der Waals surface area contributed by atoms with Gasteiger partial charge in [-0.15, -0.1) is 24.0 Å². The van der Waals surface area contributed by atoms with Crippen molar-refractivity contribution in [2.75, 3.05) is 13.1 Å². The summed E-state index contributed by atoms with van der Waals surface area (Å²) in [6.07, 6.45) is 1.06. The van der Waals surface area contributed by atoms with Gasteiger partial charge in [-0.2, -0.15) is 5.10 Å². The van der Waals surface area contributed by atoms with Crippen molar-refractivity contribution in [3.8, 4) is 0 Å². The second-order valence-electron chi connectivity index (χ2n) is 6.57. The Morgan fingerprint density at radius 2 is 1.96 bits per heavy atom. The van der Waals surface area contributed by atoms with Crippen LogP contribution < -0.4 is 10.6 Å². The molecular formula is C18H34IN5O2. The van der Waals surface area contributed by atoms with Crippen molar-refractivity contribution >= 4 is 35.9 Å². The van der Waals surface area contributed by atoms with E-state index in [4.69, 9.17) is 4.74 Å². The van der Waals surface area contributed by atoms with E-state index >= 15 is 0 Å².